The molecule has 2 aromatic rings. The van der Waals surface area contributed by atoms with Crippen molar-refractivity contribution in [1.29, 1.82) is 0 Å². The van der Waals surface area contributed by atoms with E-state index >= 15 is 0 Å². The predicted molar refractivity (Wildman–Crippen MR) is 95.7 cm³/mol. The number of nitrogens with zero attached hydrogens (tertiary/aromatic N) is 2. The lowest BCUT2D eigenvalue weighted by Crippen LogP contribution is -2.34. The second kappa shape index (κ2) is 7.83. The Labute approximate surface area is 148 Å². The summed E-state index contributed by atoms with van der Waals surface area (Å²) in [6.07, 6.45) is 3.02. The standard InChI is InChI=1S/C20H26N2O3/c1-14(2)19-12-17(21-25-19)13-22-9-7-15(8-10-22)11-16-5-3-4-6-18(16)20(23)24/h3-6,12,14-15H,7-11,13H2,1-2H3,(H,23,24). The van der Waals surface area contributed by atoms with E-state index in [0.717, 1.165) is 55.9 Å². The smallest absolute Gasteiger partial charge is 0.335 e. The van der Waals surface area contributed by atoms with Crippen LogP contribution in [0.1, 0.15) is 60.0 Å². The van der Waals surface area contributed by atoms with Crippen molar-refractivity contribution in [3.63, 3.8) is 0 Å². The van der Waals surface area contributed by atoms with Crippen LogP contribution in [0.2, 0.25) is 0 Å². The van der Waals surface area contributed by atoms with Gasteiger partial charge in [0.15, 0.2) is 0 Å². The van der Waals surface area contributed by atoms with Crippen molar-refractivity contribution in [1.82, 2.24) is 10.1 Å². The number of hydrogen-bond acceptors (Lipinski definition) is 4. The molecule has 0 atom stereocenters. The monoisotopic (exact) mass is 342 g/mol. The van der Waals surface area contributed by atoms with Crippen LogP contribution in [0.25, 0.3) is 0 Å². The van der Waals surface area contributed by atoms with Crippen molar-refractivity contribution >= 4 is 5.97 Å². The molecule has 3 rings (SSSR count). The Morgan fingerprint density at radius 2 is 2.04 bits per heavy atom. The van der Waals surface area contributed by atoms with E-state index in [1.54, 1.807) is 12.1 Å². The molecule has 0 radical (unpaired) electrons. The maximum absolute atomic E-state index is 11.3. The first-order valence-electron chi connectivity index (χ1n) is 9.02. The van der Waals surface area contributed by atoms with Crippen molar-refractivity contribution in [2.24, 2.45) is 5.92 Å². The van der Waals surface area contributed by atoms with Crippen molar-refractivity contribution in [3.8, 4) is 0 Å². The van der Waals surface area contributed by atoms with Gasteiger partial charge in [-0.15, -0.1) is 0 Å². The number of carbonyl (C=O) groups is 1. The first kappa shape index (κ1) is 17.7. The van der Waals surface area contributed by atoms with Gasteiger partial charge in [-0.3, -0.25) is 4.90 Å². The normalized spacial score (nSPS) is 16.4. The molecule has 5 heteroatoms. The summed E-state index contributed by atoms with van der Waals surface area (Å²) in [5, 5.41) is 13.5. The average Bonchev–Trinajstić information content (AvgIpc) is 3.06. The van der Waals surface area contributed by atoms with Crippen LogP contribution in [0.3, 0.4) is 0 Å². The molecule has 0 amide bonds. The lowest BCUT2D eigenvalue weighted by molar-refractivity contribution is 0.0695. The largest absolute Gasteiger partial charge is 0.478 e. The molecule has 0 unspecified atom stereocenters. The highest BCUT2D eigenvalue weighted by Gasteiger charge is 2.22. The van der Waals surface area contributed by atoms with Gasteiger partial charge in [-0.05, 0) is 49.9 Å². The Kier molecular flexibility index (Phi) is 5.53. The van der Waals surface area contributed by atoms with Gasteiger partial charge in [-0.1, -0.05) is 37.2 Å². The molecule has 1 aliphatic heterocycles. The Morgan fingerprint density at radius 1 is 1.32 bits per heavy atom. The molecule has 0 aliphatic carbocycles. The highest BCUT2D eigenvalue weighted by Crippen LogP contribution is 2.25. The molecular weight excluding hydrogens is 316 g/mol. The number of aromatic nitrogens is 1. The van der Waals surface area contributed by atoms with Gasteiger partial charge in [-0.2, -0.15) is 0 Å². The van der Waals surface area contributed by atoms with Gasteiger partial charge in [0.25, 0.3) is 0 Å². The van der Waals surface area contributed by atoms with Crippen LogP contribution in [0.5, 0.6) is 0 Å². The van der Waals surface area contributed by atoms with Gasteiger partial charge in [0, 0.05) is 18.5 Å². The van der Waals surface area contributed by atoms with Gasteiger partial charge in [0.1, 0.15) is 5.76 Å². The first-order chi connectivity index (χ1) is 12.0. The second-order valence-corrected chi connectivity index (χ2v) is 7.26. The number of rotatable bonds is 6. The number of piperidine rings is 1. The van der Waals surface area contributed by atoms with Crippen LogP contribution in [0.15, 0.2) is 34.9 Å². The van der Waals surface area contributed by atoms with E-state index in [9.17, 15) is 9.90 Å². The summed E-state index contributed by atoms with van der Waals surface area (Å²) in [6, 6.07) is 9.41. The van der Waals surface area contributed by atoms with Crippen LogP contribution < -0.4 is 0 Å². The fourth-order valence-corrected chi connectivity index (χ4v) is 3.47. The number of carboxylic acids is 1. The maximum Gasteiger partial charge on any atom is 0.335 e. The number of benzene rings is 1. The third kappa shape index (κ3) is 4.48. The Balaban J connectivity index is 1.53. The highest BCUT2D eigenvalue weighted by atomic mass is 16.5. The molecule has 1 saturated heterocycles. The summed E-state index contributed by atoms with van der Waals surface area (Å²) in [7, 11) is 0. The molecule has 5 nitrogen and oxygen atoms in total. The molecule has 25 heavy (non-hydrogen) atoms. The van der Waals surface area contributed by atoms with E-state index < -0.39 is 5.97 Å². The number of likely N-dealkylation sites (tertiary alicyclic amines) is 1. The van der Waals surface area contributed by atoms with Gasteiger partial charge in [0.2, 0.25) is 0 Å². The van der Waals surface area contributed by atoms with Crippen LogP contribution >= 0.6 is 0 Å². The lowest BCUT2D eigenvalue weighted by Gasteiger charge is -2.31. The fraction of sp³-hybridized carbons (Fsp3) is 0.500. The van der Waals surface area contributed by atoms with Crippen LogP contribution in [0.4, 0.5) is 0 Å². The molecular formula is C20H26N2O3. The second-order valence-electron chi connectivity index (χ2n) is 7.26. The quantitative estimate of drug-likeness (QED) is 0.861. The zero-order valence-corrected chi connectivity index (χ0v) is 14.9. The third-order valence-electron chi connectivity index (χ3n) is 5.00. The first-order valence-corrected chi connectivity index (χ1v) is 9.02. The van der Waals surface area contributed by atoms with Crippen molar-refractivity contribution in [3.05, 3.63) is 52.9 Å². The number of hydrogen-bond donors (Lipinski definition) is 1. The highest BCUT2D eigenvalue weighted by molar-refractivity contribution is 5.89. The molecule has 2 heterocycles. The van der Waals surface area contributed by atoms with Gasteiger partial charge in [0.05, 0.1) is 11.3 Å². The zero-order valence-electron chi connectivity index (χ0n) is 14.9. The van der Waals surface area contributed by atoms with Crippen molar-refractivity contribution in [2.45, 2.75) is 45.6 Å². The summed E-state index contributed by atoms with van der Waals surface area (Å²) in [6.45, 7) is 7.07. The average molecular weight is 342 g/mol. The molecule has 1 fully saturated rings. The molecule has 134 valence electrons. The lowest BCUT2D eigenvalue weighted by atomic mass is 9.88. The summed E-state index contributed by atoms with van der Waals surface area (Å²) in [5.74, 6) is 1.01. The SMILES string of the molecule is CC(C)c1cc(CN2CCC(Cc3ccccc3C(=O)O)CC2)no1. The molecule has 1 aliphatic rings. The van der Waals surface area contributed by atoms with E-state index in [2.05, 4.69) is 30.0 Å². The topological polar surface area (TPSA) is 66.6 Å². The minimum Gasteiger partial charge on any atom is -0.478 e. The minimum atomic E-state index is -0.833. The van der Waals surface area contributed by atoms with E-state index in [0.29, 0.717) is 17.4 Å². The third-order valence-corrected chi connectivity index (χ3v) is 5.00. The maximum atomic E-state index is 11.3. The van der Waals surface area contributed by atoms with Gasteiger partial charge < -0.3 is 9.63 Å². The molecule has 0 saturated carbocycles. The number of aromatic carboxylic acids is 1. The molecule has 0 bridgehead atoms. The molecule has 1 aromatic carbocycles. The van der Waals surface area contributed by atoms with E-state index in [1.807, 2.05) is 12.1 Å². The van der Waals surface area contributed by atoms with E-state index in [4.69, 9.17) is 4.52 Å². The van der Waals surface area contributed by atoms with Gasteiger partial charge >= 0.3 is 5.97 Å². The van der Waals surface area contributed by atoms with E-state index in [-0.39, 0.29) is 0 Å². The van der Waals surface area contributed by atoms with Crippen molar-refractivity contribution < 1.29 is 14.4 Å². The van der Waals surface area contributed by atoms with Gasteiger partial charge in [-0.25, -0.2) is 4.79 Å². The Morgan fingerprint density at radius 3 is 2.68 bits per heavy atom. The van der Waals surface area contributed by atoms with Crippen LogP contribution in [0, 0.1) is 5.92 Å². The van der Waals surface area contributed by atoms with Crippen LogP contribution in [-0.2, 0) is 13.0 Å². The Bertz CT molecular complexity index is 715. The van der Waals surface area contributed by atoms with Crippen LogP contribution in [-0.4, -0.2) is 34.2 Å². The molecule has 1 aromatic heterocycles. The summed E-state index contributed by atoms with van der Waals surface area (Å²) < 4.78 is 5.37. The fourth-order valence-electron chi connectivity index (χ4n) is 3.47. The predicted octanol–water partition coefficient (Wildman–Crippen LogP) is 3.95. The van der Waals surface area contributed by atoms with Crippen molar-refractivity contribution in [2.75, 3.05) is 13.1 Å². The minimum absolute atomic E-state index is 0.362. The Hall–Kier alpha value is -2.14. The molecule has 1 N–H and O–H groups in total. The number of carboxylic acid groups (broad SMARTS) is 1. The summed E-state index contributed by atoms with van der Waals surface area (Å²) >= 11 is 0. The summed E-state index contributed by atoms with van der Waals surface area (Å²) in [5.41, 5.74) is 2.39. The van der Waals surface area contributed by atoms with E-state index in [1.165, 1.54) is 0 Å². The molecule has 0 spiro atoms. The zero-order chi connectivity index (χ0) is 17.8. The summed E-state index contributed by atoms with van der Waals surface area (Å²) in [4.78, 5) is 13.7.